The second-order valence-electron chi connectivity index (χ2n) is 5.47. The highest BCUT2D eigenvalue weighted by Gasteiger charge is 2.31. The third kappa shape index (κ3) is 2.23. The van der Waals surface area contributed by atoms with Gasteiger partial charge in [0.15, 0.2) is 0 Å². The Balaban J connectivity index is 1.96. The lowest BCUT2D eigenvalue weighted by Gasteiger charge is -2.36. The highest BCUT2D eigenvalue weighted by molar-refractivity contribution is 5.95. The maximum absolute atomic E-state index is 12.8. The highest BCUT2D eigenvalue weighted by atomic mass is 16.2. The van der Waals surface area contributed by atoms with Gasteiger partial charge in [0.2, 0.25) is 0 Å². The molecule has 1 aliphatic heterocycles. The molecule has 1 aliphatic rings. The summed E-state index contributed by atoms with van der Waals surface area (Å²) in [5.74, 6) is 0.0190. The first-order valence-electron chi connectivity index (χ1n) is 7.21. The van der Waals surface area contributed by atoms with Crippen molar-refractivity contribution in [3.8, 4) is 0 Å². The van der Waals surface area contributed by atoms with Gasteiger partial charge in [-0.15, -0.1) is 0 Å². The minimum atomic E-state index is -0.0537. The molecule has 0 bridgehead atoms. The van der Waals surface area contributed by atoms with Gasteiger partial charge in [-0.3, -0.25) is 9.48 Å². The van der Waals surface area contributed by atoms with Crippen molar-refractivity contribution in [2.24, 2.45) is 12.8 Å². The molecule has 0 saturated heterocycles. The Labute approximate surface area is 124 Å². The topological polar surface area (TPSA) is 64.2 Å². The van der Waals surface area contributed by atoms with Crippen molar-refractivity contribution in [3.05, 3.63) is 52.8 Å². The molecule has 0 spiro atoms. The van der Waals surface area contributed by atoms with E-state index in [4.69, 9.17) is 5.73 Å². The molecular formula is C16H20N4O. The number of aromatic nitrogens is 2. The van der Waals surface area contributed by atoms with E-state index in [1.54, 1.807) is 10.9 Å². The Morgan fingerprint density at radius 1 is 1.43 bits per heavy atom. The quantitative estimate of drug-likeness (QED) is 0.907. The first kappa shape index (κ1) is 13.8. The van der Waals surface area contributed by atoms with Crippen LogP contribution in [0.1, 0.15) is 33.2 Å². The first-order chi connectivity index (χ1) is 10.1. The third-order valence-corrected chi connectivity index (χ3v) is 4.36. The second kappa shape index (κ2) is 5.33. The Bertz CT molecular complexity index is 677. The van der Waals surface area contributed by atoms with Crippen LogP contribution in [0.5, 0.6) is 0 Å². The molecule has 2 aromatic rings. The Kier molecular flexibility index (Phi) is 3.51. The standard InChI is InChI=1S/C16H20N4O/c1-11-14(10-18-19(11)2)16(21)20-8-7-12-5-3-4-6-13(12)15(20)9-17/h3-6,10,15H,7-9,17H2,1-2H3. The Morgan fingerprint density at radius 2 is 2.19 bits per heavy atom. The zero-order valence-corrected chi connectivity index (χ0v) is 12.4. The lowest BCUT2D eigenvalue weighted by Crippen LogP contribution is -2.43. The molecule has 0 radical (unpaired) electrons. The summed E-state index contributed by atoms with van der Waals surface area (Å²) >= 11 is 0. The van der Waals surface area contributed by atoms with E-state index in [0.717, 1.165) is 12.1 Å². The SMILES string of the molecule is Cc1c(C(=O)N2CCc3ccccc3C2CN)cnn1C. The van der Waals surface area contributed by atoms with E-state index in [1.165, 1.54) is 11.1 Å². The number of fused-ring (bicyclic) bond motifs is 1. The van der Waals surface area contributed by atoms with Gasteiger partial charge >= 0.3 is 0 Å². The molecule has 0 fully saturated rings. The summed E-state index contributed by atoms with van der Waals surface area (Å²) < 4.78 is 1.72. The summed E-state index contributed by atoms with van der Waals surface area (Å²) in [7, 11) is 1.85. The number of nitrogens with zero attached hydrogens (tertiary/aromatic N) is 3. The van der Waals surface area contributed by atoms with Crippen molar-refractivity contribution in [3.63, 3.8) is 0 Å². The fourth-order valence-corrected chi connectivity index (χ4v) is 3.01. The molecule has 5 nitrogen and oxygen atoms in total. The predicted octanol–water partition coefficient (Wildman–Crippen LogP) is 1.43. The molecule has 21 heavy (non-hydrogen) atoms. The van der Waals surface area contributed by atoms with Crippen molar-refractivity contribution in [2.45, 2.75) is 19.4 Å². The summed E-state index contributed by atoms with van der Waals surface area (Å²) in [6.45, 7) is 3.05. The number of aryl methyl sites for hydroxylation is 1. The molecule has 0 aliphatic carbocycles. The number of carbonyl (C=O) groups is 1. The van der Waals surface area contributed by atoms with Gasteiger partial charge in [0, 0.05) is 25.8 Å². The largest absolute Gasteiger partial charge is 0.330 e. The summed E-state index contributed by atoms with van der Waals surface area (Å²) in [6.07, 6.45) is 2.52. The van der Waals surface area contributed by atoms with Gasteiger partial charge in [-0.1, -0.05) is 24.3 Å². The minimum absolute atomic E-state index is 0.0190. The average Bonchev–Trinajstić information content (AvgIpc) is 2.85. The second-order valence-corrected chi connectivity index (χ2v) is 5.47. The number of carbonyl (C=O) groups excluding carboxylic acids is 1. The summed E-state index contributed by atoms with van der Waals surface area (Å²) in [5.41, 5.74) is 9.96. The van der Waals surface area contributed by atoms with Gasteiger partial charge in [-0.2, -0.15) is 5.10 Å². The molecule has 1 aromatic carbocycles. The van der Waals surface area contributed by atoms with E-state index in [1.807, 2.05) is 31.0 Å². The summed E-state index contributed by atoms with van der Waals surface area (Å²) in [6, 6.07) is 8.18. The van der Waals surface area contributed by atoms with Crippen molar-refractivity contribution in [1.29, 1.82) is 0 Å². The van der Waals surface area contributed by atoms with E-state index in [-0.39, 0.29) is 11.9 Å². The highest BCUT2D eigenvalue weighted by Crippen LogP contribution is 2.30. The maximum Gasteiger partial charge on any atom is 0.257 e. The fourth-order valence-electron chi connectivity index (χ4n) is 3.01. The summed E-state index contributed by atoms with van der Waals surface area (Å²) in [4.78, 5) is 14.7. The van der Waals surface area contributed by atoms with Crippen LogP contribution < -0.4 is 5.73 Å². The van der Waals surface area contributed by atoms with Crippen LogP contribution in [0.3, 0.4) is 0 Å². The van der Waals surface area contributed by atoms with Crippen molar-refractivity contribution < 1.29 is 4.79 Å². The van der Waals surface area contributed by atoms with Gasteiger partial charge in [0.25, 0.3) is 5.91 Å². The number of amides is 1. The van der Waals surface area contributed by atoms with E-state index in [2.05, 4.69) is 17.2 Å². The van der Waals surface area contributed by atoms with Crippen molar-refractivity contribution in [1.82, 2.24) is 14.7 Å². The van der Waals surface area contributed by atoms with E-state index in [9.17, 15) is 4.79 Å². The zero-order chi connectivity index (χ0) is 15.0. The van der Waals surface area contributed by atoms with Gasteiger partial charge in [-0.25, -0.2) is 0 Å². The number of hydrogen-bond donors (Lipinski definition) is 1. The van der Waals surface area contributed by atoms with Gasteiger partial charge in [0.05, 0.1) is 17.8 Å². The molecule has 110 valence electrons. The number of benzene rings is 1. The van der Waals surface area contributed by atoms with Crippen LogP contribution in [0.4, 0.5) is 0 Å². The first-order valence-corrected chi connectivity index (χ1v) is 7.21. The van der Waals surface area contributed by atoms with Gasteiger partial charge in [0.1, 0.15) is 0 Å². The lowest BCUT2D eigenvalue weighted by molar-refractivity contribution is 0.0667. The van der Waals surface area contributed by atoms with E-state index in [0.29, 0.717) is 18.7 Å². The predicted molar refractivity (Wildman–Crippen MR) is 80.9 cm³/mol. The van der Waals surface area contributed by atoms with Crippen LogP contribution in [0.15, 0.2) is 30.5 Å². The van der Waals surface area contributed by atoms with Crippen molar-refractivity contribution in [2.75, 3.05) is 13.1 Å². The van der Waals surface area contributed by atoms with Crippen LogP contribution in [-0.4, -0.2) is 33.7 Å². The van der Waals surface area contributed by atoms with Gasteiger partial charge < -0.3 is 10.6 Å². The smallest absolute Gasteiger partial charge is 0.257 e. The fraction of sp³-hybridized carbons (Fsp3) is 0.375. The molecule has 1 unspecified atom stereocenters. The monoisotopic (exact) mass is 284 g/mol. The van der Waals surface area contributed by atoms with Crippen LogP contribution in [0.25, 0.3) is 0 Å². The summed E-state index contributed by atoms with van der Waals surface area (Å²) in [5, 5.41) is 4.17. The molecule has 5 heteroatoms. The zero-order valence-electron chi connectivity index (χ0n) is 12.4. The molecule has 3 rings (SSSR count). The van der Waals surface area contributed by atoms with E-state index >= 15 is 0 Å². The van der Waals surface area contributed by atoms with Crippen LogP contribution in [0.2, 0.25) is 0 Å². The van der Waals surface area contributed by atoms with Gasteiger partial charge in [-0.05, 0) is 24.5 Å². The molecule has 2 heterocycles. The van der Waals surface area contributed by atoms with E-state index < -0.39 is 0 Å². The lowest BCUT2D eigenvalue weighted by atomic mass is 9.92. The van der Waals surface area contributed by atoms with Crippen LogP contribution in [0, 0.1) is 6.92 Å². The maximum atomic E-state index is 12.8. The Morgan fingerprint density at radius 3 is 2.86 bits per heavy atom. The average molecular weight is 284 g/mol. The molecular weight excluding hydrogens is 264 g/mol. The number of rotatable bonds is 2. The normalized spacial score (nSPS) is 17.7. The molecule has 2 N–H and O–H groups in total. The Hall–Kier alpha value is -2.14. The molecule has 0 saturated carbocycles. The molecule has 1 amide bonds. The van der Waals surface area contributed by atoms with Crippen molar-refractivity contribution >= 4 is 5.91 Å². The minimum Gasteiger partial charge on any atom is -0.330 e. The number of nitrogens with two attached hydrogens (primary N) is 1. The van der Waals surface area contributed by atoms with Crippen LogP contribution >= 0.6 is 0 Å². The molecule has 1 atom stereocenters. The van der Waals surface area contributed by atoms with Crippen LogP contribution in [-0.2, 0) is 13.5 Å². The molecule has 1 aromatic heterocycles. The number of hydrogen-bond acceptors (Lipinski definition) is 3. The third-order valence-electron chi connectivity index (χ3n) is 4.36.